The van der Waals surface area contributed by atoms with Gasteiger partial charge in [-0.1, -0.05) is 72.8 Å². The summed E-state index contributed by atoms with van der Waals surface area (Å²) in [6.45, 7) is 0.581. The first-order chi connectivity index (χ1) is 13.4. The van der Waals surface area contributed by atoms with Gasteiger partial charge in [-0.2, -0.15) is 0 Å². The molecule has 0 unspecified atom stereocenters. The van der Waals surface area contributed by atoms with Crippen molar-refractivity contribution in [3.8, 4) is 17.1 Å². The standard InChI is InChI=1S/C22H20N4O/c1-2-6-18(7-3-1)16-27-21-9-5-4-8-19(21)13-10-17-11-14-20(15-12-17)22-23-25-26-24-22/h1-9,11-12,14-15H,10,13,16H2,(H,23,24,25,26). The molecule has 5 heteroatoms. The average Bonchev–Trinajstić information content (AvgIpc) is 3.27. The summed E-state index contributed by atoms with van der Waals surface area (Å²) in [7, 11) is 0. The highest BCUT2D eigenvalue weighted by Crippen LogP contribution is 2.22. The predicted molar refractivity (Wildman–Crippen MR) is 104 cm³/mol. The maximum atomic E-state index is 6.05. The van der Waals surface area contributed by atoms with Gasteiger partial charge in [0.25, 0.3) is 0 Å². The predicted octanol–water partition coefficient (Wildman–Crippen LogP) is 4.23. The minimum Gasteiger partial charge on any atom is -0.489 e. The fraction of sp³-hybridized carbons (Fsp3) is 0.136. The molecule has 1 aromatic heterocycles. The Labute approximate surface area is 158 Å². The van der Waals surface area contributed by atoms with Crippen molar-refractivity contribution >= 4 is 0 Å². The second-order valence-corrected chi connectivity index (χ2v) is 6.33. The van der Waals surface area contributed by atoms with Crippen molar-refractivity contribution in [2.75, 3.05) is 0 Å². The van der Waals surface area contributed by atoms with E-state index >= 15 is 0 Å². The number of hydrogen-bond acceptors (Lipinski definition) is 4. The van der Waals surface area contributed by atoms with Crippen LogP contribution in [0.5, 0.6) is 5.75 Å². The summed E-state index contributed by atoms with van der Waals surface area (Å²) in [5, 5.41) is 13.9. The van der Waals surface area contributed by atoms with E-state index in [9.17, 15) is 0 Å². The summed E-state index contributed by atoms with van der Waals surface area (Å²) in [5.41, 5.74) is 4.64. The number of nitrogens with zero attached hydrogens (tertiary/aromatic N) is 3. The van der Waals surface area contributed by atoms with Crippen molar-refractivity contribution in [3.05, 3.63) is 95.6 Å². The molecule has 27 heavy (non-hydrogen) atoms. The Balaban J connectivity index is 1.39. The summed E-state index contributed by atoms with van der Waals surface area (Å²) < 4.78 is 6.05. The van der Waals surface area contributed by atoms with Crippen LogP contribution in [0.2, 0.25) is 0 Å². The van der Waals surface area contributed by atoms with E-state index in [0.29, 0.717) is 12.4 Å². The third-order valence-corrected chi connectivity index (χ3v) is 4.47. The topological polar surface area (TPSA) is 63.7 Å². The number of ether oxygens (including phenoxy) is 1. The molecule has 0 amide bonds. The van der Waals surface area contributed by atoms with Gasteiger partial charge >= 0.3 is 0 Å². The molecule has 0 aliphatic heterocycles. The van der Waals surface area contributed by atoms with Crippen LogP contribution in [0.25, 0.3) is 11.4 Å². The van der Waals surface area contributed by atoms with E-state index in [1.165, 1.54) is 16.7 Å². The summed E-state index contributed by atoms with van der Waals surface area (Å²) in [4.78, 5) is 0. The lowest BCUT2D eigenvalue weighted by Crippen LogP contribution is -2.00. The third kappa shape index (κ3) is 4.39. The maximum Gasteiger partial charge on any atom is 0.179 e. The van der Waals surface area contributed by atoms with E-state index in [2.05, 4.69) is 57.0 Å². The molecule has 4 rings (SSSR count). The normalized spacial score (nSPS) is 10.7. The molecule has 0 saturated heterocycles. The van der Waals surface area contributed by atoms with E-state index in [1.54, 1.807) is 0 Å². The van der Waals surface area contributed by atoms with Gasteiger partial charge in [-0.05, 0) is 46.0 Å². The molecule has 4 aromatic rings. The highest BCUT2D eigenvalue weighted by Gasteiger charge is 2.06. The SMILES string of the molecule is c1ccc(COc2ccccc2CCc2ccc(-c3nnn[nH]3)cc2)cc1. The molecule has 5 nitrogen and oxygen atoms in total. The summed E-state index contributed by atoms with van der Waals surface area (Å²) >= 11 is 0. The van der Waals surface area contributed by atoms with E-state index in [1.807, 2.05) is 42.5 Å². The van der Waals surface area contributed by atoms with Crippen molar-refractivity contribution in [1.82, 2.24) is 20.6 Å². The van der Waals surface area contributed by atoms with Gasteiger partial charge in [-0.15, -0.1) is 5.10 Å². The molecular weight excluding hydrogens is 336 g/mol. The van der Waals surface area contributed by atoms with Crippen LogP contribution in [0, 0.1) is 0 Å². The van der Waals surface area contributed by atoms with Crippen LogP contribution in [0.3, 0.4) is 0 Å². The molecule has 0 radical (unpaired) electrons. The molecule has 1 N–H and O–H groups in total. The number of benzene rings is 3. The van der Waals surface area contributed by atoms with Gasteiger partial charge in [0.1, 0.15) is 12.4 Å². The third-order valence-electron chi connectivity index (χ3n) is 4.47. The molecule has 134 valence electrons. The van der Waals surface area contributed by atoms with Crippen LogP contribution < -0.4 is 4.74 Å². The Morgan fingerprint density at radius 3 is 2.30 bits per heavy atom. The lowest BCUT2D eigenvalue weighted by atomic mass is 10.0. The zero-order valence-corrected chi connectivity index (χ0v) is 14.9. The van der Waals surface area contributed by atoms with Gasteiger partial charge in [0.2, 0.25) is 0 Å². The number of H-pyrrole nitrogens is 1. The molecule has 3 aromatic carbocycles. The van der Waals surface area contributed by atoms with Crippen LogP contribution in [0.15, 0.2) is 78.9 Å². The molecule has 0 saturated carbocycles. The minimum absolute atomic E-state index is 0.581. The second kappa shape index (κ2) is 8.27. The van der Waals surface area contributed by atoms with E-state index in [4.69, 9.17) is 4.74 Å². The van der Waals surface area contributed by atoms with Crippen molar-refractivity contribution < 1.29 is 4.74 Å². The Morgan fingerprint density at radius 2 is 1.52 bits per heavy atom. The highest BCUT2D eigenvalue weighted by molar-refractivity contribution is 5.54. The van der Waals surface area contributed by atoms with E-state index in [-0.39, 0.29) is 0 Å². The van der Waals surface area contributed by atoms with Crippen molar-refractivity contribution in [3.63, 3.8) is 0 Å². The largest absolute Gasteiger partial charge is 0.489 e. The average molecular weight is 356 g/mol. The van der Waals surface area contributed by atoms with Crippen molar-refractivity contribution in [2.24, 2.45) is 0 Å². The molecule has 0 aliphatic carbocycles. The molecule has 0 aliphatic rings. The summed E-state index contributed by atoms with van der Waals surface area (Å²) in [6.07, 6.45) is 1.87. The summed E-state index contributed by atoms with van der Waals surface area (Å²) in [6, 6.07) is 26.8. The molecule has 0 spiro atoms. The van der Waals surface area contributed by atoms with Crippen LogP contribution in [0.4, 0.5) is 0 Å². The van der Waals surface area contributed by atoms with Gasteiger partial charge in [0.15, 0.2) is 5.82 Å². The highest BCUT2D eigenvalue weighted by atomic mass is 16.5. The maximum absolute atomic E-state index is 6.05. The Bertz CT molecular complexity index is 967. The number of rotatable bonds is 7. The molecule has 1 heterocycles. The summed E-state index contributed by atoms with van der Waals surface area (Å²) in [5.74, 6) is 1.63. The van der Waals surface area contributed by atoms with Crippen molar-refractivity contribution in [2.45, 2.75) is 19.4 Å². The fourth-order valence-corrected chi connectivity index (χ4v) is 2.98. The smallest absolute Gasteiger partial charge is 0.179 e. The number of nitrogens with one attached hydrogen (secondary N) is 1. The van der Waals surface area contributed by atoms with Crippen LogP contribution in [-0.2, 0) is 19.4 Å². The first-order valence-electron chi connectivity index (χ1n) is 8.96. The monoisotopic (exact) mass is 356 g/mol. The quantitative estimate of drug-likeness (QED) is 0.538. The van der Waals surface area contributed by atoms with E-state index in [0.717, 1.165) is 24.2 Å². The first kappa shape index (κ1) is 17.0. The molecular formula is C22H20N4O. The first-order valence-corrected chi connectivity index (χ1v) is 8.96. The van der Waals surface area contributed by atoms with Gasteiger partial charge in [-0.3, -0.25) is 0 Å². The zero-order valence-electron chi connectivity index (χ0n) is 14.9. The van der Waals surface area contributed by atoms with E-state index < -0.39 is 0 Å². The van der Waals surface area contributed by atoms with Gasteiger partial charge in [0, 0.05) is 5.56 Å². The number of para-hydroxylation sites is 1. The number of aromatic nitrogens is 4. The Morgan fingerprint density at radius 1 is 0.741 bits per heavy atom. The molecule has 0 bridgehead atoms. The van der Waals surface area contributed by atoms with Gasteiger partial charge in [-0.25, -0.2) is 5.10 Å². The number of aromatic amines is 1. The zero-order chi connectivity index (χ0) is 18.3. The molecule has 0 fully saturated rings. The number of tetrazole rings is 1. The van der Waals surface area contributed by atoms with Crippen molar-refractivity contribution in [1.29, 1.82) is 0 Å². The van der Waals surface area contributed by atoms with Crippen LogP contribution in [-0.4, -0.2) is 20.6 Å². The number of aryl methyl sites for hydroxylation is 2. The second-order valence-electron chi connectivity index (χ2n) is 6.33. The Kier molecular flexibility index (Phi) is 5.20. The van der Waals surface area contributed by atoms with Crippen LogP contribution >= 0.6 is 0 Å². The lowest BCUT2D eigenvalue weighted by molar-refractivity contribution is 0.303. The van der Waals surface area contributed by atoms with Gasteiger partial charge in [0.05, 0.1) is 0 Å². The number of hydrogen-bond donors (Lipinski definition) is 1. The van der Waals surface area contributed by atoms with Gasteiger partial charge < -0.3 is 4.74 Å². The Hall–Kier alpha value is -3.47. The fourth-order valence-electron chi connectivity index (χ4n) is 2.98. The van der Waals surface area contributed by atoms with Crippen LogP contribution in [0.1, 0.15) is 16.7 Å². The lowest BCUT2D eigenvalue weighted by Gasteiger charge is -2.12. The minimum atomic E-state index is 0.581. The molecule has 0 atom stereocenters.